The number of benzene rings is 1. The highest BCUT2D eigenvalue weighted by molar-refractivity contribution is 6.31. The van der Waals surface area contributed by atoms with Gasteiger partial charge < -0.3 is 38.5 Å². The molecule has 16 nitrogen and oxygen atoms in total. The molecule has 12 N–H and O–H groups in total. The van der Waals surface area contributed by atoms with Gasteiger partial charge in [0.2, 0.25) is 11.8 Å². The summed E-state index contributed by atoms with van der Waals surface area (Å²) in [5, 5.41) is 15.3. The Labute approximate surface area is 286 Å². The van der Waals surface area contributed by atoms with Crippen LogP contribution < -0.4 is 38.9 Å². The normalized spacial score (nSPS) is 12.7. The van der Waals surface area contributed by atoms with E-state index in [1.54, 1.807) is 14.1 Å². The van der Waals surface area contributed by atoms with Crippen molar-refractivity contribution < 1.29 is 14.4 Å². The van der Waals surface area contributed by atoms with E-state index in [0.717, 1.165) is 31.2 Å². The van der Waals surface area contributed by atoms with Crippen molar-refractivity contribution in [2.45, 2.75) is 63.5 Å². The van der Waals surface area contributed by atoms with Crippen LogP contribution in [0.3, 0.4) is 0 Å². The molecule has 0 spiro atoms. The van der Waals surface area contributed by atoms with E-state index in [-0.39, 0.29) is 46.2 Å². The van der Waals surface area contributed by atoms with Crippen molar-refractivity contribution >= 4 is 52.9 Å². The Morgan fingerprint density at radius 2 is 1.56 bits per heavy atom. The Morgan fingerprint density at radius 3 is 2.17 bits per heavy atom. The van der Waals surface area contributed by atoms with Gasteiger partial charge in [0, 0.05) is 27.2 Å². The largest absolute Gasteiger partial charge is 0.382 e. The first-order valence-corrected chi connectivity index (χ1v) is 16.1. The second kappa shape index (κ2) is 19.8. The van der Waals surface area contributed by atoms with E-state index in [1.165, 1.54) is 10.5 Å². The van der Waals surface area contributed by atoms with Crippen molar-refractivity contribution in [3.05, 3.63) is 46.2 Å². The van der Waals surface area contributed by atoms with E-state index in [2.05, 4.69) is 55.2 Å². The Kier molecular flexibility index (Phi) is 16.3. The number of amides is 3. The zero-order valence-corrected chi connectivity index (χ0v) is 28.9. The topological polar surface area (TPSA) is 260 Å². The summed E-state index contributed by atoms with van der Waals surface area (Å²) in [6.45, 7) is 0.951. The van der Waals surface area contributed by atoms with Crippen LogP contribution in [0, 0.1) is 5.41 Å². The first kappa shape index (κ1) is 39.5. The molecule has 2 rings (SSSR count). The molecule has 264 valence electrons. The number of nitrogen functional groups attached to an aromatic ring is 2. The number of unbranched alkanes of at least 4 members (excludes halogenated alkanes) is 2. The Bertz CT molecular complexity index is 1420. The number of hydrogen-bond donors (Lipinski definition) is 8. The number of aryl methyl sites for hydroxylation is 2. The minimum atomic E-state index is -0.684. The first-order valence-electron chi connectivity index (χ1n) is 15.7. The summed E-state index contributed by atoms with van der Waals surface area (Å²) in [6, 6.07) is 7.25. The summed E-state index contributed by atoms with van der Waals surface area (Å²) in [6.07, 6.45) is 5.63. The van der Waals surface area contributed by atoms with Crippen LogP contribution in [0.25, 0.3) is 0 Å². The molecule has 0 fully saturated rings. The monoisotopic (exact) mass is 687 g/mol. The lowest BCUT2D eigenvalue weighted by atomic mass is 10.0. The Morgan fingerprint density at radius 1 is 0.917 bits per heavy atom. The third kappa shape index (κ3) is 13.6. The number of carbonyl (C=O) groups is 3. The van der Waals surface area contributed by atoms with Crippen LogP contribution in [0.15, 0.2) is 29.3 Å². The van der Waals surface area contributed by atoms with E-state index in [9.17, 15) is 14.4 Å². The minimum Gasteiger partial charge on any atom is -0.382 e. The van der Waals surface area contributed by atoms with Gasteiger partial charge in [0.25, 0.3) is 5.91 Å². The SMILES string of the molecule is CN(C)C(=O)[C@H](CCCCNC(=N)N)NC(=O)[C@H](CCc1ccc(CCCC/N=C(\N)NC(=O)c2nc(Cl)c(N)nc2N)cc1)N(C)C. The van der Waals surface area contributed by atoms with E-state index in [0.29, 0.717) is 38.8 Å². The van der Waals surface area contributed by atoms with Gasteiger partial charge in [-0.3, -0.25) is 35.0 Å². The fourth-order valence-electron chi connectivity index (χ4n) is 4.80. The van der Waals surface area contributed by atoms with E-state index in [4.69, 9.17) is 39.9 Å². The van der Waals surface area contributed by atoms with Crippen LogP contribution >= 0.6 is 11.6 Å². The summed E-state index contributed by atoms with van der Waals surface area (Å²) in [7, 11) is 7.06. The van der Waals surface area contributed by atoms with Crippen molar-refractivity contribution in [1.29, 1.82) is 5.41 Å². The third-order valence-corrected chi connectivity index (χ3v) is 7.74. The molecule has 2 atom stereocenters. The zero-order chi connectivity index (χ0) is 35.8. The molecule has 17 heteroatoms. The van der Waals surface area contributed by atoms with Crippen LogP contribution in [0.5, 0.6) is 0 Å². The minimum absolute atomic E-state index is 0.0678. The number of hydrogen-bond acceptors (Lipinski definition) is 10. The number of rotatable bonds is 18. The van der Waals surface area contributed by atoms with Crippen molar-refractivity contribution in [1.82, 2.24) is 35.7 Å². The summed E-state index contributed by atoms with van der Waals surface area (Å²) in [5.41, 5.74) is 24.5. The Balaban J connectivity index is 1.82. The fraction of sp³-hybridized carbons (Fsp3) is 0.516. The number of nitrogens with two attached hydrogens (primary N) is 4. The number of anilines is 2. The third-order valence-electron chi connectivity index (χ3n) is 7.46. The van der Waals surface area contributed by atoms with Gasteiger partial charge in [-0.1, -0.05) is 35.9 Å². The molecule has 1 heterocycles. The van der Waals surface area contributed by atoms with E-state index < -0.39 is 18.0 Å². The number of nitrogens with zero attached hydrogens (tertiary/aromatic N) is 5. The maximum absolute atomic E-state index is 13.3. The summed E-state index contributed by atoms with van der Waals surface area (Å²) < 4.78 is 0. The number of nitrogens with one attached hydrogen (secondary N) is 4. The van der Waals surface area contributed by atoms with Gasteiger partial charge in [0.1, 0.15) is 6.04 Å². The first-order chi connectivity index (χ1) is 22.7. The van der Waals surface area contributed by atoms with Gasteiger partial charge in [-0.05, 0) is 76.6 Å². The number of likely N-dealkylation sites (N-methyl/N-ethyl adjacent to an activating group) is 2. The predicted molar refractivity (Wildman–Crippen MR) is 189 cm³/mol. The fourth-order valence-corrected chi connectivity index (χ4v) is 4.92. The van der Waals surface area contributed by atoms with Crippen LogP contribution in [-0.2, 0) is 22.4 Å². The molecule has 3 amide bonds. The molecule has 0 unspecified atom stereocenters. The Hall–Kier alpha value is -4.70. The van der Waals surface area contributed by atoms with Crippen molar-refractivity contribution in [2.75, 3.05) is 52.7 Å². The standard InChI is InChI=1S/C31H50ClN13O3/c1-44(2)22(27(46)40-21(29(48)45(3)4)10-6-8-17-38-30(35)36)16-15-20-13-11-19(12-14-20)9-5-7-18-39-31(37)43-28(47)23-25(33)42-26(34)24(32)41-23/h11-14,21-22H,5-10,15-18H2,1-4H3,(H,40,46)(H4,33,34,42)(H4,35,36,38)(H3,37,39,43,47)/t21-,22-/m0/s1. The molecule has 0 bridgehead atoms. The number of aliphatic imine (C=N–C) groups is 1. The molecule has 0 radical (unpaired) electrons. The highest BCUT2D eigenvalue weighted by Crippen LogP contribution is 2.17. The van der Waals surface area contributed by atoms with Gasteiger partial charge >= 0.3 is 0 Å². The molecule has 0 saturated carbocycles. The average Bonchev–Trinajstić information content (AvgIpc) is 3.01. The van der Waals surface area contributed by atoms with Gasteiger partial charge in [-0.15, -0.1) is 0 Å². The van der Waals surface area contributed by atoms with Crippen LogP contribution in [0.4, 0.5) is 11.6 Å². The van der Waals surface area contributed by atoms with Crippen LogP contribution in [-0.4, -0.2) is 103 Å². The number of halogens is 1. The van der Waals surface area contributed by atoms with Gasteiger partial charge in [0.05, 0.1) is 6.04 Å². The van der Waals surface area contributed by atoms with Gasteiger partial charge in [-0.2, -0.15) is 0 Å². The van der Waals surface area contributed by atoms with E-state index >= 15 is 0 Å². The molecular formula is C31H50ClN13O3. The number of aromatic nitrogens is 2. The smallest absolute Gasteiger partial charge is 0.280 e. The zero-order valence-electron chi connectivity index (χ0n) is 28.2. The molecule has 0 aliphatic carbocycles. The number of carbonyl (C=O) groups excluding carboxylic acids is 3. The van der Waals surface area contributed by atoms with Crippen molar-refractivity contribution in [3.8, 4) is 0 Å². The summed E-state index contributed by atoms with van der Waals surface area (Å²) in [4.78, 5) is 53.6. The maximum atomic E-state index is 13.3. The van der Waals surface area contributed by atoms with Crippen LogP contribution in [0.1, 0.15) is 60.1 Å². The van der Waals surface area contributed by atoms with Crippen LogP contribution in [0.2, 0.25) is 5.15 Å². The molecule has 0 saturated heterocycles. The molecule has 2 aromatic rings. The molecule has 48 heavy (non-hydrogen) atoms. The lowest BCUT2D eigenvalue weighted by molar-refractivity contribution is -0.136. The van der Waals surface area contributed by atoms with Gasteiger partial charge in [0.15, 0.2) is 34.4 Å². The molecule has 1 aromatic carbocycles. The molecule has 0 aliphatic rings. The lowest BCUT2D eigenvalue weighted by Crippen LogP contribution is -2.52. The quantitative estimate of drug-likeness (QED) is 0.0606. The van der Waals surface area contributed by atoms with Crippen molar-refractivity contribution in [2.24, 2.45) is 16.5 Å². The second-order valence-electron chi connectivity index (χ2n) is 11.8. The van der Waals surface area contributed by atoms with Crippen molar-refractivity contribution in [3.63, 3.8) is 0 Å². The highest BCUT2D eigenvalue weighted by Gasteiger charge is 2.27. The second-order valence-corrected chi connectivity index (χ2v) is 12.1. The average molecular weight is 688 g/mol. The molecule has 0 aliphatic heterocycles. The molecular weight excluding hydrogens is 638 g/mol. The predicted octanol–water partition coefficient (Wildman–Crippen LogP) is 0.451. The number of guanidine groups is 2. The summed E-state index contributed by atoms with van der Waals surface area (Å²) in [5.74, 6) is -1.42. The van der Waals surface area contributed by atoms with Gasteiger partial charge in [-0.25, -0.2) is 9.97 Å². The summed E-state index contributed by atoms with van der Waals surface area (Å²) >= 11 is 5.82. The lowest BCUT2D eigenvalue weighted by Gasteiger charge is -2.27. The van der Waals surface area contributed by atoms with E-state index in [1.807, 2.05) is 19.0 Å². The highest BCUT2D eigenvalue weighted by atomic mass is 35.5. The molecule has 1 aromatic heterocycles. The maximum Gasteiger partial charge on any atom is 0.280 e.